The first kappa shape index (κ1) is 15.2. The molecule has 0 saturated heterocycles. The van der Waals surface area contributed by atoms with Gasteiger partial charge in [-0.1, -0.05) is 32.9 Å². The summed E-state index contributed by atoms with van der Waals surface area (Å²) in [6, 6.07) is 4.26. The van der Waals surface area contributed by atoms with Crippen LogP contribution >= 0.6 is 0 Å². The quantitative estimate of drug-likeness (QED) is 0.785. The van der Waals surface area contributed by atoms with Gasteiger partial charge in [0.25, 0.3) is 0 Å². The highest BCUT2D eigenvalue weighted by molar-refractivity contribution is 5.41. The molecule has 2 N–H and O–H groups in total. The first-order valence-corrected chi connectivity index (χ1v) is 6.79. The number of alkyl halides is 1. The molecule has 102 valence electrons. The third-order valence-corrected chi connectivity index (χ3v) is 3.45. The van der Waals surface area contributed by atoms with Crippen molar-refractivity contribution < 1.29 is 4.39 Å². The van der Waals surface area contributed by atoms with Gasteiger partial charge in [0.1, 0.15) is 6.67 Å². The van der Waals surface area contributed by atoms with Crippen LogP contribution in [0.2, 0.25) is 0 Å². The minimum atomic E-state index is -0.375. The van der Waals surface area contributed by atoms with E-state index in [-0.39, 0.29) is 12.1 Å². The molecule has 0 spiro atoms. The molecule has 0 saturated carbocycles. The van der Waals surface area contributed by atoms with Crippen molar-refractivity contribution in [3.63, 3.8) is 0 Å². The van der Waals surface area contributed by atoms with Crippen LogP contribution in [0, 0.1) is 6.92 Å². The van der Waals surface area contributed by atoms with Crippen molar-refractivity contribution >= 4 is 0 Å². The van der Waals surface area contributed by atoms with Crippen LogP contribution in [0.25, 0.3) is 0 Å². The number of hydrogen-bond acceptors (Lipinski definition) is 1. The summed E-state index contributed by atoms with van der Waals surface area (Å²) in [5, 5.41) is 0. The number of hydrogen-bond donors (Lipinski definition) is 1. The Balaban J connectivity index is 3.06. The minimum Gasteiger partial charge on any atom is -0.330 e. The van der Waals surface area contributed by atoms with Gasteiger partial charge in [-0.15, -0.1) is 0 Å². The van der Waals surface area contributed by atoms with Gasteiger partial charge in [-0.05, 0) is 60.4 Å². The highest BCUT2D eigenvalue weighted by atomic mass is 19.1. The third kappa shape index (κ3) is 3.81. The molecule has 0 bridgehead atoms. The van der Waals surface area contributed by atoms with E-state index in [1.54, 1.807) is 0 Å². The molecule has 0 aromatic heterocycles. The smallest absolute Gasteiger partial charge is 0.115 e. The van der Waals surface area contributed by atoms with Crippen LogP contribution in [0.15, 0.2) is 12.1 Å². The number of rotatable bonds is 5. The lowest BCUT2D eigenvalue weighted by Gasteiger charge is -2.24. The van der Waals surface area contributed by atoms with E-state index >= 15 is 0 Å². The third-order valence-electron chi connectivity index (χ3n) is 3.45. The van der Waals surface area contributed by atoms with Crippen LogP contribution < -0.4 is 5.73 Å². The van der Waals surface area contributed by atoms with E-state index < -0.39 is 0 Å². The first-order chi connectivity index (χ1) is 8.40. The Labute approximate surface area is 111 Å². The fourth-order valence-electron chi connectivity index (χ4n) is 2.38. The molecule has 0 atom stereocenters. The summed E-state index contributed by atoms with van der Waals surface area (Å²) >= 11 is 0. The predicted molar refractivity (Wildman–Crippen MR) is 76.7 cm³/mol. The Morgan fingerprint density at radius 3 is 2.33 bits per heavy atom. The van der Waals surface area contributed by atoms with E-state index in [1.165, 1.54) is 11.1 Å². The van der Waals surface area contributed by atoms with Gasteiger partial charge in [0.05, 0.1) is 0 Å². The number of benzene rings is 1. The molecule has 0 heterocycles. The van der Waals surface area contributed by atoms with Gasteiger partial charge in [-0.3, -0.25) is 0 Å². The molecular formula is C16H26FN. The largest absolute Gasteiger partial charge is 0.330 e. The van der Waals surface area contributed by atoms with E-state index in [0.29, 0.717) is 0 Å². The Kier molecular flexibility index (Phi) is 5.33. The van der Waals surface area contributed by atoms with Gasteiger partial charge in [0.2, 0.25) is 0 Å². The van der Waals surface area contributed by atoms with Crippen LogP contribution in [0.4, 0.5) is 4.39 Å². The lowest BCUT2D eigenvalue weighted by molar-refractivity contribution is 0.480. The van der Waals surface area contributed by atoms with Crippen LogP contribution in [-0.4, -0.2) is 6.54 Å². The minimum absolute atomic E-state index is 0.0673. The van der Waals surface area contributed by atoms with Gasteiger partial charge in [-0.2, -0.15) is 0 Å². The summed E-state index contributed by atoms with van der Waals surface area (Å²) in [5.74, 6) is 0. The zero-order valence-corrected chi connectivity index (χ0v) is 12.1. The maximum absolute atomic E-state index is 13.1. The van der Waals surface area contributed by atoms with E-state index in [1.807, 2.05) is 13.0 Å². The molecule has 0 aliphatic rings. The van der Waals surface area contributed by atoms with Crippen LogP contribution in [0.3, 0.4) is 0 Å². The molecular weight excluding hydrogens is 225 g/mol. The SMILES string of the molecule is Cc1c(CF)cc(CCCCN)cc1C(C)(C)C. The summed E-state index contributed by atoms with van der Waals surface area (Å²) in [6.45, 7) is 8.93. The Morgan fingerprint density at radius 1 is 1.17 bits per heavy atom. The summed E-state index contributed by atoms with van der Waals surface area (Å²) in [6.07, 6.45) is 3.10. The second kappa shape index (κ2) is 6.33. The van der Waals surface area contributed by atoms with E-state index in [9.17, 15) is 4.39 Å². The molecule has 1 nitrogen and oxygen atoms in total. The number of halogens is 1. The number of nitrogens with two attached hydrogens (primary N) is 1. The Morgan fingerprint density at radius 2 is 1.83 bits per heavy atom. The van der Waals surface area contributed by atoms with Crippen molar-refractivity contribution in [2.24, 2.45) is 5.73 Å². The fourth-order valence-corrected chi connectivity index (χ4v) is 2.38. The van der Waals surface area contributed by atoms with E-state index in [4.69, 9.17) is 5.73 Å². The van der Waals surface area contributed by atoms with Gasteiger partial charge in [0, 0.05) is 0 Å². The second-order valence-electron chi connectivity index (χ2n) is 6.06. The average molecular weight is 251 g/mol. The van der Waals surface area contributed by atoms with Crippen LogP contribution in [0.1, 0.15) is 55.9 Å². The van der Waals surface area contributed by atoms with E-state index in [0.717, 1.165) is 36.9 Å². The maximum Gasteiger partial charge on any atom is 0.115 e. The standard InChI is InChI=1S/C16H26FN/c1-12-14(11-17)9-13(7-5-6-8-18)10-15(12)16(2,3)4/h9-10H,5-8,11,18H2,1-4H3. The van der Waals surface area contributed by atoms with Gasteiger partial charge >= 0.3 is 0 Å². The molecule has 18 heavy (non-hydrogen) atoms. The highest BCUT2D eigenvalue weighted by Gasteiger charge is 2.19. The summed E-state index contributed by atoms with van der Waals surface area (Å²) < 4.78 is 13.1. The van der Waals surface area contributed by atoms with Crippen molar-refractivity contribution in [1.82, 2.24) is 0 Å². The molecule has 0 aliphatic heterocycles. The summed E-state index contributed by atoms with van der Waals surface area (Å²) in [5.41, 5.74) is 10.0. The molecule has 1 aromatic carbocycles. The fraction of sp³-hybridized carbons (Fsp3) is 0.625. The van der Waals surface area contributed by atoms with Gasteiger partial charge in [-0.25, -0.2) is 4.39 Å². The molecule has 0 aliphatic carbocycles. The van der Waals surface area contributed by atoms with Crippen LogP contribution in [-0.2, 0) is 18.5 Å². The molecule has 0 fully saturated rings. The lowest BCUT2D eigenvalue weighted by Crippen LogP contribution is -2.15. The van der Waals surface area contributed by atoms with Gasteiger partial charge < -0.3 is 5.73 Å². The Bertz CT molecular complexity index is 391. The number of unbranched alkanes of at least 4 members (excludes halogenated alkanes) is 1. The molecule has 2 heteroatoms. The zero-order valence-electron chi connectivity index (χ0n) is 12.1. The Hall–Kier alpha value is -0.890. The average Bonchev–Trinajstić information content (AvgIpc) is 2.29. The van der Waals surface area contributed by atoms with Crippen molar-refractivity contribution in [1.29, 1.82) is 0 Å². The first-order valence-electron chi connectivity index (χ1n) is 6.79. The van der Waals surface area contributed by atoms with Crippen molar-refractivity contribution in [2.75, 3.05) is 6.54 Å². The molecule has 0 radical (unpaired) electrons. The lowest BCUT2D eigenvalue weighted by atomic mass is 9.81. The molecule has 1 aromatic rings. The van der Waals surface area contributed by atoms with E-state index in [2.05, 4.69) is 26.8 Å². The summed E-state index contributed by atoms with van der Waals surface area (Å²) in [4.78, 5) is 0. The second-order valence-corrected chi connectivity index (χ2v) is 6.06. The highest BCUT2D eigenvalue weighted by Crippen LogP contribution is 2.30. The van der Waals surface area contributed by atoms with Crippen molar-refractivity contribution in [2.45, 2.75) is 59.0 Å². The number of aryl methyl sites for hydroxylation is 1. The molecule has 1 rings (SSSR count). The monoisotopic (exact) mass is 251 g/mol. The predicted octanol–water partition coefficient (Wildman–Crippen LogP) is 4.04. The van der Waals surface area contributed by atoms with Gasteiger partial charge in [0.15, 0.2) is 0 Å². The summed E-state index contributed by atoms with van der Waals surface area (Å²) in [7, 11) is 0. The zero-order chi connectivity index (χ0) is 13.8. The van der Waals surface area contributed by atoms with Crippen molar-refractivity contribution in [3.8, 4) is 0 Å². The van der Waals surface area contributed by atoms with Crippen LogP contribution in [0.5, 0.6) is 0 Å². The maximum atomic E-state index is 13.1. The van der Waals surface area contributed by atoms with Crippen molar-refractivity contribution in [3.05, 3.63) is 34.4 Å². The topological polar surface area (TPSA) is 26.0 Å². The normalized spacial score (nSPS) is 11.9. The molecule has 0 amide bonds. The molecule has 0 unspecified atom stereocenters.